The number of aliphatic hydroxyl groups is 1. The lowest BCUT2D eigenvalue weighted by molar-refractivity contribution is -0.140. The molecular formula is C22H27ClN2O4. The number of methoxy groups -OCH3 is 1. The van der Waals surface area contributed by atoms with Crippen LogP contribution in [0.1, 0.15) is 24.5 Å². The molecule has 1 atom stereocenters. The van der Waals surface area contributed by atoms with Gasteiger partial charge >= 0.3 is 0 Å². The molecule has 156 valence electrons. The highest BCUT2D eigenvalue weighted by atomic mass is 35.5. The summed E-state index contributed by atoms with van der Waals surface area (Å²) in [4.78, 5) is 27.1. The summed E-state index contributed by atoms with van der Waals surface area (Å²) in [5, 5.41) is 12.3. The summed E-state index contributed by atoms with van der Waals surface area (Å²) in [6.07, 6.45) is 0.636. The van der Waals surface area contributed by atoms with Crippen LogP contribution in [0.25, 0.3) is 0 Å². The van der Waals surface area contributed by atoms with E-state index in [1.807, 2.05) is 24.3 Å². The predicted molar refractivity (Wildman–Crippen MR) is 113 cm³/mol. The Kier molecular flexibility index (Phi) is 8.96. The Morgan fingerprint density at radius 1 is 1.10 bits per heavy atom. The first-order valence-electron chi connectivity index (χ1n) is 9.50. The second kappa shape index (κ2) is 11.4. The number of aliphatic hydroxyl groups excluding tert-OH is 1. The Bertz CT molecular complexity index is 793. The highest BCUT2D eigenvalue weighted by Crippen LogP contribution is 2.17. The predicted octanol–water partition coefficient (Wildman–Crippen LogP) is 2.81. The van der Waals surface area contributed by atoms with Crippen LogP contribution in [0.2, 0.25) is 5.02 Å². The molecule has 0 heterocycles. The molecule has 0 saturated carbocycles. The molecule has 0 radical (unpaired) electrons. The summed E-state index contributed by atoms with van der Waals surface area (Å²) in [6.45, 7) is 2.36. The summed E-state index contributed by atoms with van der Waals surface area (Å²) in [6, 6.07) is 13.8. The van der Waals surface area contributed by atoms with Crippen LogP contribution in [0, 0.1) is 0 Å². The van der Waals surface area contributed by atoms with E-state index >= 15 is 0 Å². The van der Waals surface area contributed by atoms with E-state index in [-0.39, 0.29) is 24.8 Å². The largest absolute Gasteiger partial charge is 0.497 e. The molecule has 29 heavy (non-hydrogen) atoms. The third-order valence-corrected chi connectivity index (χ3v) is 4.83. The van der Waals surface area contributed by atoms with Gasteiger partial charge in [0, 0.05) is 24.7 Å². The van der Waals surface area contributed by atoms with Crippen molar-refractivity contribution >= 4 is 23.4 Å². The van der Waals surface area contributed by atoms with Crippen molar-refractivity contribution in [2.75, 3.05) is 20.3 Å². The molecule has 0 aliphatic carbocycles. The topological polar surface area (TPSA) is 78.9 Å². The van der Waals surface area contributed by atoms with Crippen LogP contribution < -0.4 is 10.1 Å². The van der Waals surface area contributed by atoms with Gasteiger partial charge in [-0.3, -0.25) is 9.59 Å². The second-order valence-electron chi connectivity index (χ2n) is 6.72. The zero-order chi connectivity index (χ0) is 21.2. The van der Waals surface area contributed by atoms with Crippen LogP contribution in [0.3, 0.4) is 0 Å². The number of carbonyl (C=O) groups excluding carboxylic acids is 2. The van der Waals surface area contributed by atoms with Crippen molar-refractivity contribution in [1.29, 1.82) is 0 Å². The zero-order valence-electron chi connectivity index (χ0n) is 16.7. The van der Waals surface area contributed by atoms with Gasteiger partial charge in [0.15, 0.2) is 0 Å². The van der Waals surface area contributed by atoms with E-state index in [4.69, 9.17) is 21.4 Å². The minimum absolute atomic E-state index is 0.000277. The molecule has 1 unspecified atom stereocenters. The molecule has 0 bridgehead atoms. The SMILES string of the molecule is COc1ccc(CN(C(=O)Cc2ccc(Cl)cc2)C(C)C(=O)NCCCO)cc1. The molecule has 0 spiro atoms. The van der Waals surface area contributed by atoms with Gasteiger partial charge in [0.1, 0.15) is 11.8 Å². The van der Waals surface area contributed by atoms with Crippen molar-refractivity contribution in [3.05, 3.63) is 64.7 Å². The van der Waals surface area contributed by atoms with Crippen molar-refractivity contribution in [2.24, 2.45) is 0 Å². The molecule has 0 aliphatic heterocycles. The minimum atomic E-state index is -0.657. The third-order valence-electron chi connectivity index (χ3n) is 4.58. The lowest BCUT2D eigenvalue weighted by atomic mass is 10.1. The first-order chi connectivity index (χ1) is 13.9. The molecule has 0 fully saturated rings. The van der Waals surface area contributed by atoms with Crippen molar-refractivity contribution in [3.8, 4) is 5.75 Å². The van der Waals surface area contributed by atoms with Crippen LogP contribution in [-0.2, 0) is 22.6 Å². The summed E-state index contributed by atoms with van der Waals surface area (Å²) in [7, 11) is 1.59. The lowest BCUT2D eigenvalue weighted by Crippen LogP contribution is -2.48. The fourth-order valence-corrected chi connectivity index (χ4v) is 2.95. The second-order valence-corrected chi connectivity index (χ2v) is 7.15. The monoisotopic (exact) mass is 418 g/mol. The average molecular weight is 419 g/mol. The van der Waals surface area contributed by atoms with E-state index in [0.29, 0.717) is 24.5 Å². The van der Waals surface area contributed by atoms with Gasteiger partial charge in [-0.25, -0.2) is 0 Å². The number of amides is 2. The first kappa shape index (κ1) is 22.7. The molecule has 2 amide bonds. The number of nitrogens with one attached hydrogen (secondary N) is 1. The van der Waals surface area contributed by atoms with Gasteiger partial charge in [-0.05, 0) is 48.7 Å². The number of benzene rings is 2. The number of hydrogen-bond donors (Lipinski definition) is 2. The molecule has 2 N–H and O–H groups in total. The van der Waals surface area contributed by atoms with Crippen molar-refractivity contribution in [1.82, 2.24) is 10.2 Å². The summed E-state index contributed by atoms with van der Waals surface area (Å²) in [5.41, 5.74) is 1.72. The highest BCUT2D eigenvalue weighted by molar-refractivity contribution is 6.30. The summed E-state index contributed by atoms with van der Waals surface area (Å²) < 4.78 is 5.17. The lowest BCUT2D eigenvalue weighted by Gasteiger charge is -2.29. The molecule has 6 nitrogen and oxygen atoms in total. The van der Waals surface area contributed by atoms with Gasteiger partial charge in [0.2, 0.25) is 11.8 Å². The number of hydrogen-bond acceptors (Lipinski definition) is 4. The molecule has 2 aromatic rings. The smallest absolute Gasteiger partial charge is 0.242 e. The van der Waals surface area contributed by atoms with Gasteiger partial charge in [0.05, 0.1) is 13.5 Å². The maximum absolute atomic E-state index is 13.0. The van der Waals surface area contributed by atoms with Crippen molar-refractivity contribution < 1.29 is 19.4 Å². The fourth-order valence-electron chi connectivity index (χ4n) is 2.83. The van der Waals surface area contributed by atoms with Gasteiger partial charge in [0.25, 0.3) is 0 Å². The van der Waals surface area contributed by atoms with Crippen LogP contribution >= 0.6 is 11.6 Å². The Morgan fingerprint density at radius 3 is 2.31 bits per heavy atom. The number of rotatable bonds is 10. The summed E-state index contributed by atoms with van der Waals surface area (Å²) in [5.74, 6) is 0.312. The van der Waals surface area contributed by atoms with Gasteiger partial charge < -0.3 is 20.1 Å². The zero-order valence-corrected chi connectivity index (χ0v) is 17.5. The Balaban J connectivity index is 2.16. The maximum atomic E-state index is 13.0. The maximum Gasteiger partial charge on any atom is 0.242 e. The number of halogens is 1. The molecule has 2 rings (SSSR count). The number of nitrogens with zero attached hydrogens (tertiary/aromatic N) is 1. The fraction of sp³-hybridized carbons (Fsp3) is 0.364. The molecule has 0 aromatic heterocycles. The molecule has 7 heteroatoms. The van der Waals surface area contributed by atoms with Crippen LogP contribution in [0.15, 0.2) is 48.5 Å². The highest BCUT2D eigenvalue weighted by Gasteiger charge is 2.26. The van der Waals surface area contributed by atoms with E-state index in [1.165, 1.54) is 0 Å². The number of ether oxygens (including phenoxy) is 1. The van der Waals surface area contributed by atoms with Gasteiger partial charge in [-0.2, -0.15) is 0 Å². The average Bonchev–Trinajstić information content (AvgIpc) is 2.73. The van der Waals surface area contributed by atoms with E-state index in [9.17, 15) is 9.59 Å². The Morgan fingerprint density at radius 2 is 1.72 bits per heavy atom. The van der Waals surface area contributed by atoms with E-state index in [2.05, 4.69) is 5.32 Å². The Hall–Kier alpha value is -2.57. The molecule has 0 aliphatic rings. The van der Waals surface area contributed by atoms with Gasteiger partial charge in [-0.15, -0.1) is 0 Å². The molecule has 2 aromatic carbocycles. The van der Waals surface area contributed by atoms with Crippen LogP contribution in [0.4, 0.5) is 0 Å². The standard InChI is InChI=1S/C22H27ClN2O4/c1-16(22(28)24-12-3-13-26)25(15-18-6-10-20(29-2)11-7-18)21(27)14-17-4-8-19(23)9-5-17/h4-11,16,26H,3,12-15H2,1-2H3,(H,24,28). The Labute approximate surface area is 176 Å². The van der Waals surface area contributed by atoms with Crippen molar-refractivity contribution in [3.63, 3.8) is 0 Å². The molecule has 0 saturated heterocycles. The van der Waals surface area contributed by atoms with Crippen LogP contribution in [0.5, 0.6) is 5.75 Å². The van der Waals surface area contributed by atoms with E-state index in [0.717, 1.165) is 16.9 Å². The summed E-state index contributed by atoms with van der Waals surface area (Å²) >= 11 is 5.92. The normalized spacial score (nSPS) is 11.6. The van der Waals surface area contributed by atoms with Crippen LogP contribution in [-0.4, -0.2) is 48.1 Å². The minimum Gasteiger partial charge on any atom is -0.497 e. The van der Waals surface area contributed by atoms with E-state index < -0.39 is 6.04 Å². The molecular weight excluding hydrogens is 392 g/mol. The number of carbonyl (C=O) groups is 2. The van der Waals surface area contributed by atoms with Gasteiger partial charge in [-0.1, -0.05) is 35.9 Å². The third kappa shape index (κ3) is 7.07. The first-order valence-corrected chi connectivity index (χ1v) is 9.87. The van der Waals surface area contributed by atoms with Crippen molar-refractivity contribution in [2.45, 2.75) is 32.4 Å². The quantitative estimate of drug-likeness (QED) is 0.581. The van der Waals surface area contributed by atoms with E-state index in [1.54, 1.807) is 43.2 Å².